The van der Waals surface area contributed by atoms with E-state index in [0.717, 1.165) is 6.04 Å². The first-order valence-electron chi connectivity index (χ1n) is 6.71. The number of carbonyl (C=O) groups excluding carboxylic acids is 1. The van der Waals surface area contributed by atoms with Crippen LogP contribution in [0.3, 0.4) is 0 Å². The average Bonchev–Trinajstić information content (AvgIpc) is 2.81. The van der Waals surface area contributed by atoms with Crippen molar-refractivity contribution >= 4 is 14.0 Å². The fourth-order valence-corrected chi connectivity index (χ4v) is 2.06. The van der Waals surface area contributed by atoms with E-state index in [4.69, 9.17) is 14.9 Å². The highest BCUT2D eigenvalue weighted by atomic mass is 28.3. The van der Waals surface area contributed by atoms with Gasteiger partial charge in [-0.2, -0.15) is 0 Å². The smallest absolute Gasteiger partial charge is 0.338 e. The van der Waals surface area contributed by atoms with Gasteiger partial charge in [-0.25, -0.2) is 0 Å². The summed E-state index contributed by atoms with van der Waals surface area (Å²) in [6, 6.07) is 1.07. The second-order valence-corrected chi connectivity index (χ2v) is 11.3. The summed E-state index contributed by atoms with van der Waals surface area (Å²) in [6.07, 6.45) is -0.0691. The highest BCUT2D eigenvalue weighted by Gasteiger charge is 2.13. The summed E-state index contributed by atoms with van der Waals surface area (Å²) in [5, 5.41) is 19.8. The van der Waals surface area contributed by atoms with Crippen LogP contribution in [0.2, 0.25) is 25.7 Å². The minimum Gasteiger partial charge on any atom is -0.457 e. The number of diazo groups is 1. The van der Waals surface area contributed by atoms with Crippen LogP contribution in [-0.4, -0.2) is 54.0 Å². The van der Waals surface area contributed by atoms with Crippen LogP contribution in [0.25, 0.3) is 4.98 Å². The van der Waals surface area contributed by atoms with Crippen molar-refractivity contribution in [3.05, 3.63) is 10.8 Å². The van der Waals surface area contributed by atoms with Crippen molar-refractivity contribution in [2.24, 2.45) is 0 Å². The van der Waals surface area contributed by atoms with E-state index in [1.165, 1.54) is 4.80 Å². The van der Waals surface area contributed by atoms with E-state index in [9.17, 15) is 4.79 Å². The van der Waals surface area contributed by atoms with Crippen molar-refractivity contribution in [3.63, 3.8) is 0 Å². The Hall–Kier alpha value is -1.86. The Balaban J connectivity index is 2.26. The normalized spacial score (nSPS) is 11.1. The molecule has 1 aromatic heterocycles. The molecule has 0 spiro atoms. The van der Waals surface area contributed by atoms with Crippen molar-refractivity contribution in [2.45, 2.75) is 38.8 Å². The standard InChI is InChI=1S/C11H21N6O3Si/c1-21(2,3)7-6-19-9-17-15-10(14-16-17)8-11(18)20-5-4-13-12/h4-9H2,1-3H3/q+1. The molecule has 0 aromatic carbocycles. The van der Waals surface area contributed by atoms with Gasteiger partial charge >= 0.3 is 12.5 Å². The van der Waals surface area contributed by atoms with Gasteiger partial charge in [-0.15, -0.1) is 15.0 Å². The van der Waals surface area contributed by atoms with Crippen molar-refractivity contribution in [2.75, 3.05) is 19.8 Å². The van der Waals surface area contributed by atoms with Gasteiger partial charge in [0, 0.05) is 14.7 Å². The molecule has 0 fully saturated rings. The molecule has 1 aromatic rings. The van der Waals surface area contributed by atoms with Gasteiger partial charge < -0.3 is 9.47 Å². The van der Waals surface area contributed by atoms with E-state index < -0.39 is 14.0 Å². The molecule has 0 N–H and O–H groups in total. The molecule has 1 heterocycles. The lowest BCUT2D eigenvalue weighted by Gasteiger charge is -2.14. The van der Waals surface area contributed by atoms with Crippen LogP contribution in [0, 0.1) is 5.39 Å². The number of ether oxygens (including phenoxy) is 2. The minimum absolute atomic E-state index is 0.0310. The van der Waals surface area contributed by atoms with Crippen LogP contribution >= 0.6 is 0 Å². The predicted octanol–water partition coefficient (Wildman–Crippen LogP) is 0.924. The van der Waals surface area contributed by atoms with Gasteiger partial charge in [-0.3, -0.25) is 4.79 Å². The van der Waals surface area contributed by atoms with E-state index in [-0.39, 0.29) is 32.1 Å². The number of nitrogens with zero attached hydrogens (tertiary/aromatic N) is 6. The van der Waals surface area contributed by atoms with Crippen molar-refractivity contribution in [1.82, 2.24) is 20.2 Å². The number of hydrogen-bond acceptors (Lipinski definition) is 7. The second-order valence-electron chi connectivity index (χ2n) is 5.69. The van der Waals surface area contributed by atoms with Gasteiger partial charge in [0.25, 0.3) is 0 Å². The van der Waals surface area contributed by atoms with Crippen LogP contribution in [-0.2, 0) is 27.4 Å². The molecule has 0 bridgehead atoms. The van der Waals surface area contributed by atoms with Gasteiger partial charge in [-0.05, 0) is 11.3 Å². The molecular weight excluding hydrogens is 292 g/mol. The van der Waals surface area contributed by atoms with E-state index in [0.29, 0.717) is 6.61 Å². The molecule has 0 saturated carbocycles. The molecule has 0 amide bonds. The molecule has 1 rings (SSSR count). The second kappa shape index (κ2) is 8.43. The third kappa shape index (κ3) is 8.11. The molecule has 0 aliphatic heterocycles. The number of hydrogen-bond donors (Lipinski definition) is 0. The zero-order valence-electron chi connectivity index (χ0n) is 12.7. The number of aromatic nitrogens is 4. The average molecular weight is 313 g/mol. The van der Waals surface area contributed by atoms with Crippen LogP contribution in [0.1, 0.15) is 5.82 Å². The maximum Gasteiger partial charge on any atom is 0.338 e. The van der Waals surface area contributed by atoms with E-state index in [2.05, 4.69) is 40.0 Å². The first-order valence-corrected chi connectivity index (χ1v) is 10.4. The lowest BCUT2D eigenvalue weighted by Crippen LogP contribution is -2.22. The predicted molar refractivity (Wildman–Crippen MR) is 76.5 cm³/mol. The lowest BCUT2D eigenvalue weighted by atomic mass is 10.4. The first kappa shape index (κ1) is 17.2. The van der Waals surface area contributed by atoms with Crippen LogP contribution in [0.4, 0.5) is 0 Å². The van der Waals surface area contributed by atoms with E-state index in [1.54, 1.807) is 0 Å². The zero-order chi connectivity index (χ0) is 15.7. The van der Waals surface area contributed by atoms with Crippen LogP contribution in [0.15, 0.2) is 0 Å². The Bertz CT molecular complexity index is 493. The Morgan fingerprint density at radius 1 is 1.38 bits per heavy atom. The summed E-state index contributed by atoms with van der Waals surface area (Å²) in [7, 11) is -1.11. The Morgan fingerprint density at radius 2 is 2.14 bits per heavy atom. The molecule has 0 aliphatic rings. The number of rotatable bonds is 9. The molecule has 0 radical (unpaired) electrons. The van der Waals surface area contributed by atoms with E-state index >= 15 is 0 Å². The highest BCUT2D eigenvalue weighted by molar-refractivity contribution is 6.76. The molecule has 0 atom stereocenters. The third-order valence-corrected chi connectivity index (χ3v) is 4.16. The summed E-state index contributed by atoms with van der Waals surface area (Å²) < 4.78 is 10.3. The van der Waals surface area contributed by atoms with Gasteiger partial charge in [0.15, 0.2) is 19.2 Å². The molecule has 10 heteroatoms. The van der Waals surface area contributed by atoms with Crippen molar-refractivity contribution < 1.29 is 14.3 Å². The summed E-state index contributed by atoms with van der Waals surface area (Å²) in [5.41, 5.74) is 0. The summed E-state index contributed by atoms with van der Waals surface area (Å²) in [4.78, 5) is 15.5. The number of esters is 1. The maximum absolute atomic E-state index is 11.4. The summed E-state index contributed by atoms with van der Waals surface area (Å²) in [6.45, 7) is 7.79. The topological polar surface area (TPSA) is 107 Å². The maximum atomic E-state index is 11.4. The lowest BCUT2D eigenvalue weighted by molar-refractivity contribution is -0.142. The zero-order valence-corrected chi connectivity index (χ0v) is 13.7. The summed E-state index contributed by atoms with van der Waals surface area (Å²) >= 11 is 0. The molecule has 9 nitrogen and oxygen atoms in total. The number of tetrazole rings is 1. The van der Waals surface area contributed by atoms with Gasteiger partial charge in [0.05, 0.1) is 0 Å². The Kier molecular flexibility index (Phi) is 6.90. The molecule has 0 aliphatic carbocycles. The SMILES string of the molecule is C[Si](C)(C)CCOCn1nnc(CC(=O)OCC[N+]#N)n1. The third-order valence-electron chi connectivity index (χ3n) is 2.45. The Morgan fingerprint density at radius 3 is 2.81 bits per heavy atom. The fraction of sp³-hybridized carbons (Fsp3) is 0.818. The highest BCUT2D eigenvalue weighted by Crippen LogP contribution is 2.07. The largest absolute Gasteiger partial charge is 0.457 e. The molecular formula is C11H21N6O3Si+. The van der Waals surface area contributed by atoms with Crippen LogP contribution < -0.4 is 0 Å². The Labute approximate surface area is 124 Å². The number of carbonyl (C=O) groups is 1. The first-order chi connectivity index (χ1) is 9.90. The van der Waals surface area contributed by atoms with E-state index in [1.807, 2.05) is 0 Å². The monoisotopic (exact) mass is 313 g/mol. The van der Waals surface area contributed by atoms with Crippen molar-refractivity contribution in [1.29, 1.82) is 5.39 Å². The van der Waals surface area contributed by atoms with Crippen molar-refractivity contribution in [3.8, 4) is 0 Å². The molecule has 21 heavy (non-hydrogen) atoms. The molecule has 0 unspecified atom stereocenters. The molecule has 0 saturated heterocycles. The van der Waals surface area contributed by atoms with Crippen LogP contribution in [0.5, 0.6) is 0 Å². The molecule has 116 valence electrons. The minimum atomic E-state index is -1.11. The fourth-order valence-electron chi connectivity index (χ4n) is 1.31. The van der Waals surface area contributed by atoms with Gasteiger partial charge in [0.1, 0.15) is 11.4 Å². The van der Waals surface area contributed by atoms with Gasteiger partial charge in [-0.1, -0.05) is 19.6 Å². The quantitative estimate of drug-likeness (QED) is 0.289. The van der Waals surface area contributed by atoms with Gasteiger partial charge in [0.2, 0.25) is 5.39 Å². The summed E-state index contributed by atoms with van der Waals surface area (Å²) in [5.74, 6) is -0.215.